The summed E-state index contributed by atoms with van der Waals surface area (Å²) in [6.07, 6.45) is 2.08. The van der Waals surface area contributed by atoms with Crippen molar-refractivity contribution in [2.45, 2.75) is 29.8 Å². The smallest absolute Gasteiger partial charge is 0.339 e. The number of benzene rings is 3. The van der Waals surface area contributed by atoms with Crippen molar-refractivity contribution in [1.29, 1.82) is 0 Å². The standard InChI is InChI=1S/C25H28N2O4S/c1-25(27-19-13-14-26-16-19,22-10-6-8-17-7-4-5-9-20(17)22)18-11-12-23(32(3,29)30)21(15-18)24(28)31-2/h4-12,15,19,26-27H,13-14,16H2,1-3H3/t19-,25+/m0/s1. The molecule has 3 aromatic rings. The Bertz CT molecular complexity index is 1260. The molecule has 1 fully saturated rings. The van der Waals surface area contributed by atoms with E-state index in [1.54, 1.807) is 12.1 Å². The molecule has 6 nitrogen and oxygen atoms in total. The van der Waals surface area contributed by atoms with Gasteiger partial charge in [0.1, 0.15) is 0 Å². The predicted molar refractivity (Wildman–Crippen MR) is 126 cm³/mol. The van der Waals surface area contributed by atoms with Crippen LogP contribution in [0, 0.1) is 0 Å². The van der Waals surface area contributed by atoms with Crippen LogP contribution in [0.4, 0.5) is 0 Å². The molecule has 0 saturated carbocycles. The number of methoxy groups -OCH3 is 1. The van der Waals surface area contributed by atoms with Gasteiger partial charge in [0.05, 0.1) is 23.1 Å². The minimum Gasteiger partial charge on any atom is -0.465 e. The third-order valence-corrected chi connectivity index (χ3v) is 7.40. The van der Waals surface area contributed by atoms with Gasteiger partial charge in [-0.15, -0.1) is 0 Å². The zero-order chi connectivity index (χ0) is 22.9. The third kappa shape index (κ3) is 4.16. The molecule has 0 aliphatic carbocycles. The third-order valence-electron chi connectivity index (χ3n) is 6.24. The van der Waals surface area contributed by atoms with Gasteiger partial charge in [-0.25, -0.2) is 13.2 Å². The number of hydrogen-bond donors (Lipinski definition) is 2. The fraction of sp³-hybridized carbons (Fsp3) is 0.320. The second-order valence-electron chi connectivity index (χ2n) is 8.46. The second kappa shape index (κ2) is 8.65. The minimum atomic E-state index is -3.60. The van der Waals surface area contributed by atoms with Gasteiger partial charge in [0.2, 0.25) is 0 Å². The average molecular weight is 453 g/mol. The fourth-order valence-electron chi connectivity index (χ4n) is 4.60. The summed E-state index contributed by atoms with van der Waals surface area (Å²) in [6.45, 7) is 3.86. The lowest BCUT2D eigenvalue weighted by atomic mass is 9.80. The van der Waals surface area contributed by atoms with Gasteiger partial charge in [0.15, 0.2) is 9.84 Å². The van der Waals surface area contributed by atoms with Gasteiger partial charge in [-0.3, -0.25) is 5.32 Å². The normalized spacial score (nSPS) is 18.4. The summed E-state index contributed by atoms with van der Waals surface area (Å²) in [5.74, 6) is -0.671. The Kier molecular flexibility index (Phi) is 6.07. The van der Waals surface area contributed by atoms with Crippen molar-refractivity contribution in [2.24, 2.45) is 0 Å². The molecule has 32 heavy (non-hydrogen) atoms. The molecule has 1 saturated heterocycles. The first kappa shape index (κ1) is 22.5. The summed E-state index contributed by atoms with van der Waals surface area (Å²) in [5, 5.41) is 9.40. The van der Waals surface area contributed by atoms with Crippen LogP contribution in [-0.4, -0.2) is 46.9 Å². The molecule has 1 heterocycles. The lowest BCUT2D eigenvalue weighted by molar-refractivity contribution is 0.0596. The van der Waals surface area contributed by atoms with Crippen molar-refractivity contribution in [3.63, 3.8) is 0 Å². The van der Waals surface area contributed by atoms with E-state index in [9.17, 15) is 13.2 Å². The SMILES string of the molecule is COC(=O)c1cc([C@@](C)(N[C@H]2CCNC2)c2cccc3ccccc23)ccc1S(C)(=O)=O. The van der Waals surface area contributed by atoms with Crippen LogP contribution in [0.25, 0.3) is 10.8 Å². The van der Waals surface area contributed by atoms with Gasteiger partial charge in [-0.1, -0.05) is 48.5 Å². The summed E-state index contributed by atoms with van der Waals surface area (Å²) < 4.78 is 29.6. The molecule has 7 heteroatoms. The molecule has 0 aromatic heterocycles. The fourth-order valence-corrected chi connectivity index (χ4v) is 5.45. The number of esters is 1. The van der Waals surface area contributed by atoms with E-state index in [0.717, 1.165) is 47.7 Å². The highest BCUT2D eigenvalue weighted by Crippen LogP contribution is 2.36. The maximum atomic E-state index is 12.5. The van der Waals surface area contributed by atoms with E-state index < -0.39 is 21.3 Å². The first-order valence-electron chi connectivity index (χ1n) is 10.6. The zero-order valence-corrected chi connectivity index (χ0v) is 19.3. The van der Waals surface area contributed by atoms with Crippen molar-refractivity contribution >= 4 is 26.6 Å². The van der Waals surface area contributed by atoms with Crippen LogP contribution in [0.1, 0.15) is 34.8 Å². The largest absolute Gasteiger partial charge is 0.465 e. The summed E-state index contributed by atoms with van der Waals surface area (Å²) in [6, 6.07) is 19.5. The Balaban J connectivity index is 1.96. The molecular weight excluding hydrogens is 424 g/mol. The van der Waals surface area contributed by atoms with E-state index in [2.05, 4.69) is 41.8 Å². The minimum absolute atomic E-state index is 0.0316. The first-order valence-corrected chi connectivity index (χ1v) is 12.5. The van der Waals surface area contributed by atoms with E-state index >= 15 is 0 Å². The number of ether oxygens (including phenoxy) is 1. The molecule has 2 atom stereocenters. The van der Waals surface area contributed by atoms with Crippen LogP contribution >= 0.6 is 0 Å². The number of carbonyl (C=O) groups is 1. The average Bonchev–Trinajstić information content (AvgIpc) is 3.29. The Hall–Kier alpha value is -2.74. The highest BCUT2D eigenvalue weighted by molar-refractivity contribution is 7.90. The molecule has 4 rings (SSSR count). The van der Waals surface area contributed by atoms with Crippen molar-refractivity contribution in [1.82, 2.24) is 10.6 Å². The zero-order valence-electron chi connectivity index (χ0n) is 18.5. The van der Waals surface area contributed by atoms with Crippen molar-refractivity contribution in [3.05, 3.63) is 77.4 Å². The van der Waals surface area contributed by atoms with E-state index in [-0.39, 0.29) is 16.5 Å². The van der Waals surface area contributed by atoms with Crippen LogP contribution in [0.3, 0.4) is 0 Å². The number of sulfone groups is 1. The maximum absolute atomic E-state index is 12.5. The number of fused-ring (bicyclic) bond motifs is 1. The molecule has 0 radical (unpaired) electrons. The summed E-state index contributed by atoms with van der Waals surface area (Å²) in [4.78, 5) is 12.5. The molecular formula is C25H28N2O4S. The topological polar surface area (TPSA) is 84.5 Å². The second-order valence-corrected chi connectivity index (χ2v) is 10.4. The molecule has 0 bridgehead atoms. The first-order chi connectivity index (χ1) is 15.2. The molecule has 1 aliphatic rings. The maximum Gasteiger partial charge on any atom is 0.339 e. The van der Waals surface area contributed by atoms with Crippen LogP contribution in [-0.2, 0) is 20.1 Å². The highest BCUT2D eigenvalue weighted by atomic mass is 32.2. The van der Waals surface area contributed by atoms with Crippen LogP contribution < -0.4 is 10.6 Å². The van der Waals surface area contributed by atoms with Gasteiger partial charge in [-0.05, 0) is 53.9 Å². The summed E-state index contributed by atoms with van der Waals surface area (Å²) in [5.41, 5.74) is 1.24. The van der Waals surface area contributed by atoms with Crippen molar-refractivity contribution < 1.29 is 17.9 Å². The molecule has 168 valence electrons. The van der Waals surface area contributed by atoms with Gasteiger partial charge < -0.3 is 10.1 Å². The van der Waals surface area contributed by atoms with Crippen LogP contribution in [0.2, 0.25) is 0 Å². The van der Waals surface area contributed by atoms with E-state index in [1.165, 1.54) is 13.2 Å². The van der Waals surface area contributed by atoms with Crippen LogP contribution in [0.15, 0.2) is 65.6 Å². The lowest BCUT2D eigenvalue weighted by Gasteiger charge is -2.36. The Labute approximate surface area is 188 Å². The molecule has 0 amide bonds. The highest BCUT2D eigenvalue weighted by Gasteiger charge is 2.35. The summed E-state index contributed by atoms with van der Waals surface area (Å²) in [7, 11) is -2.35. The van der Waals surface area contributed by atoms with E-state index in [0.29, 0.717) is 0 Å². The van der Waals surface area contributed by atoms with Gasteiger partial charge in [0, 0.05) is 18.8 Å². The number of rotatable bonds is 6. The molecule has 2 N–H and O–H groups in total. The molecule has 0 unspecified atom stereocenters. The molecule has 0 spiro atoms. The van der Waals surface area contributed by atoms with Gasteiger partial charge in [0.25, 0.3) is 0 Å². The number of hydrogen-bond acceptors (Lipinski definition) is 6. The molecule has 3 aromatic carbocycles. The van der Waals surface area contributed by atoms with Crippen molar-refractivity contribution in [2.75, 3.05) is 26.5 Å². The van der Waals surface area contributed by atoms with E-state index in [4.69, 9.17) is 4.74 Å². The van der Waals surface area contributed by atoms with Crippen LogP contribution in [0.5, 0.6) is 0 Å². The Morgan fingerprint density at radius 2 is 1.88 bits per heavy atom. The van der Waals surface area contributed by atoms with Crippen molar-refractivity contribution in [3.8, 4) is 0 Å². The monoisotopic (exact) mass is 452 g/mol. The van der Waals surface area contributed by atoms with E-state index in [1.807, 2.05) is 18.2 Å². The lowest BCUT2D eigenvalue weighted by Crippen LogP contribution is -2.47. The summed E-state index contributed by atoms with van der Waals surface area (Å²) >= 11 is 0. The molecule has 1 aliphatic heterocycles. The predicted octanol–water partition coefficient (Wildman–Crippen LogP) is 3.24. The van der Waals surface area contributed by atoms with Gasteiger partial charge >= 0.3 is 5.97 Å². The Morgan fingerprint density at radius 1 is 1.12 bits per heavy atom. The number of carbonyl (C=O) groups excluding carboxylic acids is 1. The number of nitrogens with one attached hydrogen (secondary N) is 2. The van der Waals surface area contributed by atoms with Gasteiger partial charge in [-0.2, -0.15) is 0 Å². The Morgan fingerprint density at radius 3 is 2.56 bits per heavy atom. The quantitative estimate of drug-likeness (QED) is 0.559.